The van der Waals surface area contributed by atoms with Crippen molar-refractivity contribution >= 4 is 11.0 Å². The average Bonchev–Trinajstić information content (AvgIpc) is 2.78. The minimum absolute atomic E-state index is 0.000625. The minimum atomic E-state index is -4.55. The molecule has 3 aromatic rings. The molecule has 5 heteroatoms. The van der Waals surface area contributed by atoms with Crippen LogP contribution in [0.1, 0.15) is 5.56 Å². The van der Waals surface area contributed by atoms with Crippen molar-refractivity contribution in [3.63, 3.8) is 0 Å². The SMILES string of the molecule is Fc1ccc(-c2oc3ccccc3c2C(F)(F)F)cc1. The molecule has 0 radical (unpaired) electrons. The maximum Gasteiger partial charge on any atom is 0.420 e. The Hall–Kier alpha value is -2.30. The monoisotopic (exact) mass is 280 g/mol. The van der Waals surface area contributed by atoms with Gasteiger partial charge in [0.1, 0.15) is 22.7 Å². The molecule has 0 aliphatic heterocycles. The van der Waals surface area contributed by atoms with Crippen LogP contribution < -0.4 is 0 Å². The van der Waals surface area contributed by atoms with E-state index in [2.05, 4.69) is 0 Å². The van der Waals surface area contributed by atoms with Gasteiger partial charge >= 0.3 is 6.18 Å². The molecule has 1 heterocycles. The molecule has 0 aliphatic carbocycles. The van der Waals surface area contributed by atoms with Gasteiger partial charge in [-0.3, -0.25) is 0 Å². The Morgan fingerprint density at radius 3 is 2.15 bits per heavy atom. The Morgan fingerprint density at radius 2 is 1.50 bits per heavy atom. The second-order valence-electron chi connectivity index (χ2n) is 4.31. The number of hydrogen-bond donors (Lipinski definition) is 0. The van der Waals surface area contributed by atoms with E-state index in [1.54, 1.807) is 6.07 Å². The summed E-state index contributed by atoms with van der Waals surface area (Å²) >= 11 is 0. The van der Waals surface area contributed by atoms with Gasteiger partial charge in [-0.2, -0.15) is 13.2 Å². The zero-order valence-electron chi connectivity index (χ0n) is 10.0. The van der Waals surface area contributed by atoms with Gasteiger partial charge in [-0.05, 0) is 30.3 Å². The van der Waals surface area contributed by atoms with Crippen molar-refractivity contribution in [1.82, 2.24) is 0 Å². The molecule has 0 spiro atoms. The van der Waals surface area contributed by atoms with Crippen molar-refractivity contribution in [3.05, 3.63) is 59.9 Å². The van der Waals surface area contributed by atoms with Crippen LogP contribution in [0.25, 0.3) is 22.3 Å². The van der Waals surface area contributed by atoms with Crippen LogP contribution in [0.4, 0.5) is 17.6 Å². The standard InChI is InChI=1S/C15H8F4O/c16-10-7-5-9(6-8-10)14-13(15(17,18)19)11-3-1-2-4-12(11)20-14/h1-8H. The van der Waals surface area contributed by atoms with Crippen LogP contribution in [0.15, 0.2) is 52.9 Å². The second-order valence-corrected chi connectivity index (χ2v) is 4.31. The van der Waals surface area contributed by atoms with E-state index in [0.29, 0.717) is 0 Å². The smallest absolute Gasteiger partial charge is 0.420 e. The van der Waals surface area contributed by atoms with Crippen molar-refractivity contribution in [2.45, 2.75) is 6.18 Å². The summed E-state index contributed by atoms with van der Waals surface area (Å²) < 4.78 is 57.9. The van der Waals surface area contributed by atoms with Crippen LogP contribution in [-0.4, -0.2) is 0 Å². The summed E-state index contributed by atoms with van der Waals surface area (Å²) in [6, 6.07) is 10.7. The molecule has 2 aromatic carbocycles. The Kier molecular flexibility index (Phi) is 2.78. The summed E-state index contributed by atoms with van der Waals surface area (Å²) in [4.78, 5) is 0. The predicted octanol–water partition coefficient (Wildman–Crippen LogP) is 5.26. The fourth-order valence-electron chi connectivity index (χ4n) is 2.13. The first kappa shape index (κ1) is 12.7. The number of furan rings is 1. The first-order valence-corrected chi connectivity index (χ1v) is 5.81. The van der Waals surface area contributed by atoms with E-state index < -0.39 is 17.6 Å². The first-order valence-electron chi connectivity index (χ1n) is 5.81. The Labute approximate surface area is 111 Å². The number of hydrogen-bond acceptors (Lipinski definition) is 1. The lowest BCUT2D eigenvalue weighted by molar-refractivity contribution is -0.136. The van der Waals surface area contributed by atoms with Crippen LogP contribution in [-0.2, 0) is 6.18 Å². The Bertz CT molecular complexity index is 754. The number of para-hydroxylation sites is 1. The summed E-state index contributed by atoms with van der Waals surface area (Å²) in [5.41, 5.74) is -0.492. The van der Waals surface area contributed by atoms with Gasteiger partial charge in [0.2, 0.25) is 0 Å². The van der Waals surface area contributed by atoms with Crippen molar-refractivity contribution in [3.8, 4) is 11.3 Å². The van der Waals surface area contributed by atoms with Crippen LogP contribution in [0.2, 0.25) is 0 Å². The summed E-state index contributed by atoms with van der Waals surface area (Å²) in [7, 11) is 0. The van der Waals surface area contributed by atoms with Crippen molar-refractivity contribution < 1.29 is 22.0 Å². The van der Waals surface area contributed by atoms with E-state index in [0.717, 1.165) is 12.1 Å². The average molecular weight is 280 g/mol. The maximum atomic E-state index is 13.2. The summed E-state index contributed by atoms with van der Waals surface area (Å²) in [5, 5.41) is -0.000625. The van der Waals surface area contributed by atoms with Gasteiger partial charge in [-0.25, -0.2) is 4.39 Å². The molecule has 1 nitrogen and oxygen atoms in total. The van der Waals surface area contributed by atoms with Crippen LogP contribution in [0.3, 0.4) is 0 Å². The molecule has 0 unspecified atom stereocenters. The highest BCUT2D eigenvalue weighted by molar-refractivity contribution is 5.88. The molecule has 1 aromatic heterocycles. The quantitative estimate of drug-likeness (QED) is 0.554. The lowest BCUT2D eigenvalue weighted by Crippen LogP contribution is -2.05. The zero-order valence-corrected chi connectivity index (χ0v) is 10.0. The van der Waals surface area contributed by atoms with E-state index in [4.69, 9.17) is 4.42 Å². The van der Waals surface area contributed by atoms with E-state index in [9.17, 15) is 17.6 Å². The van der Waals surface area contributed by atoms with Gasteiger partial charge in [0.25, 0.3) is 0 Å². The summed E-state index contributed by atoms with van der Waals surface area (Å²) in [5.74, 6) is -0.808. The van der Waals surface area contributed by atoms with Gasteiger partial charge in [0.15, 0.2) is 0 Å². The van der Waals surface area contributed by atoms with Crippen LogP contribution in [0.5, 0.6) is 0 Å². The van der Waals surface area contributed by atoms with Gasteiger partial charge < -0.3 is 4.42 Å². The molecule has 0 amide bonds. The molecule has 0 saturated carbocycles. The normalized spacial score (nSPS) is 12.0. The molecule has 0 atom stereocenters. The summed E-state index contributed by atoms with van der Waals surface area (Å²) in [6.45, 7) is 0. The lowest BCUT2D eigenvalue weighted by Gasteiger charge is -2.07. The third-order valence-electron chi connectivity index (χ3n) is 2.99. The lowest BCUT2D eigenvalue weighted by atomic mass is 10.1. The highest BCUT2D eigenvalue weighted by Crippen LogP contribution is 2.43. The van der Waals surface area contributed by atoms with Crippen LogP contribution >= 0.6 is 0 Å². The molecular formula is C15H8F4O. The van der Waals surface area contributed by atoms with E-state index in [1.165, 1.54) is 30.3 Å². The minimum Gasteiger partial charge on any atom is -0.455 e. The number of halogens is 4. The number of benzene rings is 2. The number of rotatable bonds is 1. The van der Waals surface area contributed by atoms with Gasteiger partial charge in [-0.1, -0.05) is 18.2 Å². The third-order valence-corrected chi connectivity index (χ3v) is 2.99. The fraction of sp³-hybridized carbons (Fsp3) is 0.0667. The Morgan fingerprint density at radius 1 is 0.850 bits per heavy atom. The topological polar surface area (TPSA) is 13.1 Å². The maximum absolute atomic E-state index is 13.2. The van der Waals surface area contributed by atoms with Gasteiger partial charge in [-0.15, -0.1) is 0 Å². The molecule has 0 N–H and O–H groups in total. The highest BCUT2D eigenvalue weighted by Gasteiger charge is 2.38. The third kappa shape index (κ3) is 2.05. The number of fused-ring (bicyclic) bond motifs is 1. The molecule has 0 aliphatic rings. The van der Waals surface area contributed by atoms with E-state index in [-0.39, 0.29) is 22.3 Å². The molecule has 3 rings (SSSR count). The Balaban J connectivity index is 2.32. The van der Waals surface area contributed by atoms with Crippen molar-refractivity contribution in [1.29, 1.82) is 0 Å². The molecule has 0 bridgehead atoms. The predicted molar refractivity (Wildman–Crippen MR) is 66.6 cm³/mol. The molecule has 0 fully saturated rings. The first-order chi connectivity index (χ1) is 9.47. The van der Waals surface area contributed by atoms with E-state index >= 15 is 0 Å². The second kappa shape index (κ2) is 4.37. The van der Waals surface area contributed by atoms with Crippen molar-refractivity contribution in [2.24, 2.45) is 0 Å². The molecule has 102 valence electrons. The largest absolute Gasteiger partial charge is 0.455 e. The van der Waals surface area contributed by atoms with Gasteiger partial charge in [0, 0.05) is 10.9 Å². The number of alkyl halides is 3. The molecule has 20 heavy (non-hydrogen) atoms. The molecular weight excluding hydrogens is 272 g/mol. The van der Waals surface area contributed by atoms with Gasteiger partial charge in [0.05, 0.1) is 0 Å². The highest BCUT2D eigenvalue weighted by atomic mass is 19.4. The molecule has 0 saturated heterocycles. The van der Waals surface area contributed by atoms with Crippen LogP contribution in [0, 0.1) is 5.82 Å². The summed E-state index contributed by atoms with van der Waals surface area (Å²) in [6.07, 6.45) is -4.55. The fourth-order valence-corrected chi connectivity index (χ4v) is 2.13. The van der Waals surface area contributed by atoms with E-state index in [1.807, 2.05) is 0 Å². The zero-order chi connectivity index (χ0) is 14.3. The van der Waals surface area contributed by atoms with Crippen molar-refractivity contribution in [2.75, 3.05) is 0 Å².